The second-order valence-corrected chi connectivity index (χ2v) is 12.5. The van der Waals surface area contributed by atoms with E-state index < -0.39 is 5.60 Å². The van der Waals surface area contributed by atoms with Gasteiger partial charge in [0.25, 0.3) is 0 Å². The normalized spacial score (nSPS) is 12.2. The predicted molar refractivity (Wildman–Crippen MR) is 193 cm³/mol. The Hall–Kier alpha value is -3.40. The average molecular weight is 621 g/mol. The molecule has 246 valence electrons. The molecule has 0 bridgehead atoms. The van der Waals surface area contributed by atoms with Crippen LogP contribution in [-0.2, 0) is 21.5 Å². The number of aryl methyl sites for hydroxylation is 1. The SMILES string of the molecule is CCCCCCCCCCCCCCc1ccc(OCC(COC(c2ccccc2)(c2ccccc2)c2ccccc2)OC)cc1. The van der Waals surface area contributed by atoms with Crippen molar-refractivity contribution < 1.29 is 14.2 Å². The van der Waals surface area contributed by atoms with Gasteiger partial charge < -0.3 is 14.2 Å². The zero-order valence-corrected chi connectivity index (χ0v) is 28.4. The van der Waals surface area contributed by atoms with Gasteiger partial charge in [-0.25, -0.2) is 0 Å². The van der Waals surface area contributed by atoms with Crippen molar-refractivity contribution >= 4 is 0 Å². The first-order valence-electron chi connectivity index (χ1n) is 17.8. The molecule has 4 rings (SSSR count). The first-order chi connectivity index (χ1) is 22.8. The Morgan fingerprint density at radius 3 is 1.37 bits per heavy atom. The summed E-state index contributed by atoms with van der Waals surface area (Å²) < 4.78 is 19.0. The quantitative estimate of drug-likeness (QED) is 0.0610. The maximum Gasteiger partial charge on any atom is 0.143 e. The highest BCUT2D eigenvalue weighted by atomic mass is 16.6. The lowest BCUT2D eigenvalue weighted by Crippen LogP contribution is -2.37. The molecule has 3 nitrogen and oxygen atoms in total. The molecule has 1 atom stereocenters. The molecule has 0 radical (unpaired) electrons. The maximum absolute atomic E-state index is 6.95. The fraction of sp³-hybridized carbons (Fsp3) is 0.442. The third kappa shape index (κ3) is 11.1. The number of benzene rings is 4. The predicted octanol–water partition coefficient (Wildman–Crippen LogP) is 11.3. The van der Waals surface area contributed by atoms with Crippen molar-refractivity contribution in [3.8, 4) is 5.75 Å². The average Bonchev–Trinajstić information content (AvgIpc) is 3.12. The molecule has 3 heteroatoms. The van der Waals surface area contributed by atoms with Crippen LogP contribution in [0.4, 0.5) is 0 Å². The molecule has 4 aromatic carbocycles. The first-order valence-corrected chi connectivity index (χ1v) is 17.8. The zero-order valence-electron chi connectivity index (χ0n) is 28.4. The third-order valence-electron chi connectivity index (χ3n) is 9.04. The monoisotopic (exact) mass is 620 g/mol. The first kappa shape index (κ1) is 35.5. The van der Waals surface area contributed by atoms with Crippen molar-refractivity contribution in [1.29, 1.82) is 0 Å². The molecule has 0 heterocycles. The van der Waals surface area contributed by atoms with Gasteiger partial charge in [-0.2, -0.15) is 0 Å². The van der Waals surface area contributed by atoms with E-state index >= 15 is 0 Å². The molecule has 0 spiro atoms. The van der Waals surface area contributed by atoms with E-state index in [-0.39, 0.29) is 6.10 Å². The van der Waals surface area contributed by atoms with Gasteiger partial charge in [0.05, 0.1) is 6.61 Å². The molecule has 0 saturated heterocycles. The molecule has 0 fully saturated rings. The molecule has 1 unspecified atom stereocenters. The Morgan fingerprint density at radius 1 is 0.500 bits per heavy atom. The van der Waals surface area contributed by atoms with Crippen LogP contribution in [0.2, 0.25) is 0 Å². The number of rotatable bonds is 23. The van der Waals surface area contributed by atoms with Gasteiger partial charge in [-0.15, -0.1) is 0 Å². The van der Waals surface area contributed by atoms with Crippen LogP contribution in [0, 0.1) is 0 Å². The number of ether oxygens (including phenoxy) is 3. The van der Waals surface area contributed by atoms with Gasteiger partial charge in [-0.3, -0.25) is 0 Å². The Balaban J connectivity index is 1.25. The van der Waals surface area contributed by atoms with Gasteiger partial charge in [0.2, 0.25) is 0 Å². The van der Waals surface area contributed by atoms with E-state index in [1.807, 2.05) is 18.2 Å². The largest absolute Gasteiger partial charge is 0.491 e. The van der Waals surface area contributed by atoms with E-state index in [1.54, 1.807) is 7.11 Å². The minimum atomic E-state index is -0.782. The van der Waals surface area contributed by atoms with E-state index in [0.717, 1.165) is 28.9 Å². The lowest BCUT2D eigenvalue weighted by Gasteiger charge is -2.37. The fourth-order valence-corrected chi connectivity index (χ4v) is 6.28. The van der Waals surface area contributed by atoms with Gasteiger partial charge in [0.15, 0.2) is 0 Å². The Morgan fingerprint density at radius 2 is 0.935 bits per heavy atom. The number of hydrogen-bond acceptors (Lipinski definition) is 3. The summed E-state index contributed by atoms with van der Waals surface area (Å²) in [6.45, 7) is 3.06. The van der Waals surface area contributed by atoms with Crippen LogP contribution in [0.3, 0.4) is 0 Å². The number of hydrogen-bond donors (Lipinski definition) is 0. The third-order valence-corrected chi connectivity index (χ3v) is 9.04. The molecular weight excluding hydrogens is 564 g/mol. The molecular formula is C43H56O3. The smallest absolute Gasteiger partial charge is 0.143 e. The molecule has 0 saturated carbocycles. The van der Waals surface area contributed by atoms with Crippen LogP contribution in [0.1, 0.15) is 106 Å². The topological polar surface area (TPSA) is 27.7 Å². The van der Waals surface area contributed by atoms with Crippen LogP contribution >= 0.6 is 0 Å². The van der Waals surface area contributed by atoms with Crippen LogP contribution in [-0.4, -0.2) is 26.4 Å². The molecule has 0 N–H and O–H groups in total. The molecule has 0 amide bonds. The standard InChI is InChI=1S/C43H56O3/c1-3-4-5-6-7-8-9-10-11-12-13-17-24-37-31-33-41(34-32-37)45-35-42(44-2)36-46-43(38-25-18-14-19-26-38,39-27-20-15-21-28-39)40-29-22-16-23-30-40/h14-16,18-23,25-34,42H,3-13,17,24,35-36H2,1-2H3. The van der Waals surface area contributed by atoms with Gasteiger partial charge >= 0.3 is 0 Å². The minimum Gasteiger partial charge on any atom is -0.491 e. The lowest BCUT2D eigenvalue weighted by molar-refractivity contribution is -0.0638. The highest BCUT2D eigenvalue weighted by Crippen LogP contribution is 2.40. The molecule has 0 aliphatic rings. The van der Waals surface area contributed by atoms with E-state index in [1.165, 1.54) is 82.6 Å². The van der Waals surface area contributed by atoms with E-state index in [4.69, 9.17) is 14.2 Å². The van der Waals surface area contributed by atoms with Crippen molar-refractivity contribution in [2.45, 2.75) is 102 Å². The second kappa shape index (κ2) is 20.7. The molecule has 4 aromatic rings. The van der Waals surface area contributed by atoms with Gasteiger partial charge in [-0.05, 0) is 47.2 Å². The highest BCUT2D eigenvalue weighted by Gasteiger charge is 2.38. The number of unbranched alkanes of at least 4 members (excludes halogenated alkanes) is 11. The summed E-state index contributed by atoms with van der Waals surface area (Å²) in [5, 5.41) is 0. The summed E-state index contributed by atoms with van der Waals surface area (Å²) >= 11 is 0. The summed E-state index contributed by atoms with van der Waals surface area (Å²) in [5.74, 6) is 0.862. The van der Waals surface area contributed by atoms with E-state index in [2.05, 4.69) is 104 Å². The lowest BCUT2D eigenvalue weighted by atomic mass is 9.80. The van der Waals surface area contributed by atoms with Gasteiger partial charge in [-0.1, -0.05) is 181 Å². The Labute approximate surface area is 279 Å². The molecule has 0 aliphatic carbocycles. The summed E-state index contributed by atoms with van der Waals surface area (Å²) in [5.41, 5.74) is 3.83. The van der Waals surface area contributed by atoms with Crippen LogP contribution in [0.25, 0.3) is 0 Å². The van der Waals surface area contributed by atoms with Crippen LogP contribution in [0.5, 0.6) is 5.75 Å². The van der Waals surface area contributed by atoms with Gasteiger partial charge in [0.1, 0.15) is 24.1 Å². The molecule has 46 heavy (non-hydrogen) atoms. The summed E-state index contributed by atoms with van der Waals surface area (Å²) in [6, 6.07) is 39.9. The zero-order chi connectivity index (χ0) is 32.1. The minimum absolute atomic E-state index is 0.240. The molecule has 0 aromatic heterocycles. The fourth-order valence-electron chi connectivity index (χ4n) is 6.28. The highest BCUT2D eigenvalue weighted by molar-refractivity contribution is 5.47. The van der Waals surface area contributed by atoms with Gasteiger partial charge in [0, 0.05) is 7.11 Å². The van der Waals surface area contributed by atoms with Crippen molar-refractivity contribution in [3.63, 3.8) is 0 Å². The summed E-state index contributed by atoms with van der Waals surface area (Å²) in [7, 11) is 1.73. The molecule has 0 aliphatic heterocycles. The van der Waals surface area contributed by atoms with Crippen molar-refractivity contribution in [2.24, 2.45) is 0 Å². The van der Waals surface area contributed by atoms with E-state index in [0.29, 0.717) is 13.2 Å². The van der Waals surface area contributed by atoms with Crippen molar-refractivity contribution in [2.75, 3.05) is 20.3 Å². The Kier molecular flexibility index (Phi) is 15.9. The number of methoxy groups -OCH3 is 1. The summed E-state index contributed by atoms with van der Waals surface area (Å²) in [4.78, 5) is 0. The van der Waals surface area contributed by atoms with Crippen LogP contribution < -0.4 is 4.74 Å². The van der Waals surface area contributed by atoms with Crippen LogP contribution in [0.15, 0.2) is 115 Å². The Bertz CT molecular complexity index is 1210. The van der Waals surface area contributed by atoms with Crippen molar-refractivity contribution in [1.82, 2.24) is 0 Å². The summed E-state index contributed by atoms with van der Waals surface area (Å²) in [6.07, 6.45) is 17.5. The van der Waals surface area contributed by atoms with E-state index in [9.17, 15) is 0 Å². The van der Waals surface area contributed by atoms with Crippen molar-refractivity contribution in [3.05, 3.63) is 138 Å². The second-order valence-electron chi connectivity index (χ2n) is 12.5. The maximum atomic E-state index is 6.95.